The molecule has 1 unspecified atom stereocenters. The standard InChI is InChI=1S/C27H20O8/c1-15(31-2)33-23(28)14-32-18-10-8-17(9-11-18)25-20-13-21-19(12-22(20)35-27(25)30)24(26(29)34-21)16-6-4-3-5-7-16/h3-13,15H,14H2,1-2H3. The van der Waals surface area contributed by atoms with E-state index in [9.17, 15) is 14.4 Å². The van der Waals surface area contributed by atoms with Gasteiger partial charge in [-0.25, -0.2) is 14.4 Å². The molecular weight excluding hydrogens is 452 g/mol. The lowest BCUT2D eigenvalue weighted by Crippen LogP contribution is -2.21. The lowest BCUT2D eigenvalue weighted by molar-refractivity contribution is -0.172. The van der Waals surface area contributed by atoms with E-state index in [0.717, 1.165) is 5.56 Å². The van der Waals surface area contributed by atoms with Gasteiger partial charge in [0.15, 0.2) is 12.9 Å². The van der Waals surface area contributed by atoms with Crippen LogP contribution >= 0.6 is 0 Å². The van der Waals surface area contributed by atoms with Crippen molar-refractivity contribution in [1.29, 1.82) is 0 Å². The molecule has 8 heteroatoms. The third kappa shape index (κ3) is 4.27. The molecule has 2 heterocycles. The maximum Gasteiger partial charge on any atom is 0.346 e. The number of methoxy groups -OCH3 is 1. The lowest BCUT2D eigenvalue weighted by Gasteiger charge is -2.11. The Labute approximate surface area is 199 Å². The van der Waals surface area contributed by atoms with Crippen molar-refractivity contribution in [3.63, 3.8) is 0 Å². The van der Waals surface area contributed by atoms with Gasteiger partial charge in [0.2, 0.25) is 0 Å². The van der Waals surface area contributed by atoms with Gasteiger partial charge in [0.05, 0.1) is 11.1 Å². The maximum atomic E-state index is 12.7. The van der Waals surface area contributed by atoms with E-state index in [1.165, 1.54) is 7.11 Å². The Balaban J connectivity index is 1.46. The molecule has 0 radical (unpaired) electrons. The van der Waals surface area contributed by atoms with E-state index in [1.54, 1.807) is 43.3 Å². The monoisotopic (exact) mass is 472 g/mol. The first kappa shape index (κ1) is 22.4. The number of hydrogen-bond donors (Lipinski definition) is 0. The Hall–Kier alpha value is -4.43. The van der Waals surface area contributed by atoms with E-state index >= 15 is 0 Å². The summed E-state index contributed by atoms with van der Waals surface area (Å²) in [5.74, 6) is -0.392. The van der Waals surface area contributed by atoms with E-state index < -0.39 is 24.2 Å². The first-order valence-electron chi connectivity index (χ1n) is 10.8. The largest absolute Gasteiger partial charge is 0.482 e. The quantitative estimate of drug-likeness (QED) is 0.292. The summed E-state index contributed by atoms with van der Waals surface area (Å²) in [7, 11) is 1.43. The van der Waals surface area contributed by atoms with Crippen LogP contribution in [0.1, 0.15) is 18.1 Å². The van der Waals surface area contributed by atoms with Crippen LogP contribution in [0.5, 0.6) is 17.2 Å². The zero-order valence-electron chi connectivity index (χ0n) is 18.9. The van der Waals surface area contributed by atoms with Gasteiger partial charge in [0, 0.05) is 17.5 Å². The first-order valence-corrected chi connectivity index (χ1v) is 10.8. The van der Waals surface area contributed by atoms with E-state index in [-0.39, 0.29) is 6.61 Å². The molecule has 0 aliphatic carbocycles. The number of carbonyl (C=O) groups excluding carboxylic acids is 3. The van der Waals surface area contributed by atoms with Crippen LogP contribution in [0, 0.1) is 0 Å². The van der Waals surface area contributed by atoms with Crippen LogP contribution in [-0.4, -0.2) is 37.9 Å². The van der Waals surface area contributed by atoms with Crippen LogP contribution in [0.15, 0.2) is 66.7 Å². The third-order valence-corrected chi connectivity index (χ3v) is 5.63. The first-order chi connectivity index (χ1) is 16.9. The van der Waals surface area contributed by atoms with Gasteiger partial charge in [-0.05, 0) is 42.3 Å². The summed E-state index contributed by atoms with van der Waals surface area (Å²) in [6.45, 7) is 1.31. The van der Waals surface area contributed by atoms with Gasteiger partial charge < -0.3 is 23.7 Å². The average molecular weight is 472 g/mol. The number of rotatable bonds is 7. The second kappa shape index (κ2) is 9.08. The smallest absolute Gasteiger partial charge is 0.346 e. The van der Waals surface area contributed by atoms with Crippen LogP contribution in [-0.2, 0) is 23.9 Å². The number of ether oxygens (including phenoxy) is 5. The van der Waals surface area contributed by atoms with E-state index in [2.05, 4.69) is 0 Å². The zero-order chi connectivity index (χ0) is 24.5. The molecule has 0 saturated carbocycles. The number of benzene rings is 3. The molecule has 1 atom stereocenters. The fourth-order valence-electron chi connectivity index (χ4n) is 3.92. The van der Waals surface area contributed by atoms with Crippen molar-refractivity contribution < 1.29 is 38.1 Å². The Bertz CT molecular complexity index is 1460. The molecule has 0 spiro atoms. The molecule has 176 valence electrons. The molecular formula is C27H20O8. The summed E-state index contributed by atoms with van der Waals surface area (Å²) in [5.41, 5.74) is 2.08. The van der Waals surface area contributed by atoms with Crippen LogP contribution < -0.4 is 24.6 Å². The van der Waals surface area contributed by atoms with Crippen LogP contribution in [0.25, 0.3) is 11.1 Å². The number of carbonyl (C=O) groups is 3. The minimum atomic E-state index is -0.666. The molecule has 0 amide bonds. The topological polar surface area (TPSA) is 97.4 Å². The predicted octanol–water partition coefficient (Wildman–Crippen LogP) is 1.84. The highest BCUT2D eigenvalue weighted by Gasteiger charge is 2.30. The summed E-state index contributed by atoms with van der Waals surface area (Å²) in [6.07, 6.45) is -0.666. The maximum absolute atomic E-state index is 12.7. The summed E-state index contributed by atoms with van der Waals surface area (Å²) in [4.78, 5) is 37.0. The van der Waals surface area contributed by atoms with Crippen molar-refractivity contribution in [1.82, 2.24) is 0 Å². The molecule has 2 aliphatic rings. The van der Waals surface area contributed by atoms with Gasteiger partial charge in [-0.15, -0.1) is 0 Å². The molecule has 0 saturated heterocycles. The Kier molecular flexibility index (Phi) is 5.80. The average Bonchev–Trinajstić information content (AvgIpc) is 3.35. The van der Waals surface area contributed by atoms with Crippen molar-refractivity contribution in [2.45, 2.75) is 13.2 Å². The molecule has 35 heavy (non-hydrogen) atoms. The van der Waals surface area contributed by atoms with Crippen LogP contribution in [0.4, 0.5) is 0 Å². The second-order valence-electron chi connectivity index (χ2n) is 7.85. The predicted molar refractivity (Wildman–Crippen MR) is 123 cm³/mol. The molecule has 8 nitrogen and oxygen atoms in total. The van der Waals surface area contributed by atoms with Gasteiger partial charge in [-0.1, -0.05) is 42.5 Å². The van der Waals surface area contributed by atoms with Gasteiger partial charge in [-0.2, -0.15) is 0 Å². The Morgan fingerprint density at radius 2 is 1.37 bits per heavy atom. The summed E-state index contributed by atoms with van der Waals surface area (Å²) < 4.78 is 26.3. The molecule has 0 aromatic heterocycles. The molecule has 0 fully saturated rings. The summed E-state index contributed by atoms with van der Waals surface area (Å²) in [6, 6.07) is 19.1. The zero-order valence-corrected chi connectivity index (χ0v) is 18.9. The van der Waals surface area contributed by atoms with Crippen LogP contribution in [0.3, 0.4) is 0 Å². The van der Waals surface area contributed by atoms with Gasteiger partial charge >= 0.3 is 17.9 Å². The van der Waals surface area contributed by atoms with Crippen molar-refractivity contribution in [3.05, 3.63) is 88.3 Å². The van der Waals surface area contributed by atoms with Crippen molar-refractivity contribution >= 4 is 29.1 Å². The highest BCUT2D eigenvalue weighted by molar-refractivity contribution is 6.21. The van der Waals surface area contributed by atoms with Crippen molar-refractivity contribution in [3.8, 4) is 17.2 Å². The second-order valence-corrected chi connectivity index (χ2v) is 7.85. The Morgan fingerprint density at radius 3 is 1.91 bits per heavy atom. The molecule has 2 aliphatic heterocycles. The highest BCUT2D eigenvalue weighted by atomic mass is 16.7. The molecule has 0 N–H and O–H groups in total. The molecule has 3 aromatic carbocycles. The van der Waals surface area contributed by atoms with E-state index in [4.69, 9.17) is 23.7 Å². The van der Waals surface area contributed by atoms with E-state index in [1.807, 2.05) is 30.3 Å². The molecule has 5 rings (SSSR count). The van der Waals surface area contributed by atoms with Crippen molar-refractivity contribution in [2.75, 3.05) is 13.7 Å². The number of esters is 3. The summed E-state index contributed by atoms with van der Waals surface area (Å²) >= 11 is 0. The number of hydrogen-bond acceptors (Lipinski definition) is 8. The SMILES string of the molecule is COC(C)OC(=O)COc1ccc(C2=c3cc4c(cc3OC2=O)=C(c2ccccc2)C(=O)O4)cc1. The minimum absolute atomic E-state index is 0.285. The number of fused-ring (bicyclic) bond motifs is 2. The molecule has 0 bridgehead atoms. The lowest BCUT2D eigenvalue weighted by atomic mass is 10.0. The van der Waals surface area contributed by atoms with Crippen LogP contribution in [0.2, 0.25) is 0 Å². The highest BCUT2D eigenvalue weighted by Crippen LogP contribution is 2.27. The van der Waals surface area contributed by atoms with Gasteiger partial charge in [0.25, 0.3) is 0 Å². The van der Waals surface area contributed by atoms with Gasteiger partial charge in [0.1, 0.15) is 17.2 Å². The van der Waals surface area contributed by atoms with E-state index in [0.29, 0.717) is 44.4 Å². The summed E-state index contributed by atoms with van der Waals surface area (Å²) in [5, 5.41) is 1.11. The fourth-order valence-corrected chi connectivity index (χ4v) is 3.92. The van der Waals surface area contributed by atoms with Crippen molar-refractivity contribution in [2.24, 2.45) is 0 Å². The van der Waals surface area contributed by atoms with Gasteiger partial charge in [-0.3, -0.25) is 0 Å². The third-order valence-electron chi connectivity index (χ3n) is 5.63. The minimum Gasteiger partial charge on any atom is -0.482 e. The normalized spacial score (nSPS) is 14.7. The molecule has 3 aromatic rings. The Morgan fingerprint density at radius 1 is 0.829 bits per heavy atom. The fraction of sp³-hybridized carbons (Fsp3) is 0.148.